The molecule has 0 radical (unpaired) electrons. The molecule has 0 fully saturated rings. The third-order valence-corrected chi connectivity index (χ3v) is 6.41. The summed E-state index contributed by atoms with van der Waals surface area (Å²) in [5.74, 6) is -0.0322. The van der Waals surface area contributed by atoms with Crippen molar-refractivity contribution in [1.29, 1.82) is 0 Å². The number of methoxy groups -OCH3 is 2. The topological polar surface area (TPSA) is 71.1 Å². The summed E-state index contributed by atoms with van der Waals surface area (Å²) >= 11 is 9.91. The van der Waals surface area contributed by atoms with Gasteiger partial charge in [-0.3, -0.25) is 9.59 Å². The summed E-state index contributed by atoms with van der Waals surface area (Å²) < 4.78 is 23.9. The number of allylic oxidation sites excluding steroid dienone is 1. The minimum atomic E-state index is -1.51. The zero-order chi connectivity index (χ0) is 22.3. The first-order valence-corrected chi connectivity index (χ1v) is 10.8. The van der Waals surface area contributed by atoms with E-state index < -0.39 is 11.5 Å². The highest BCUT2D eigenvalue weighted by atomic mass is 79.9. The summed E-state index contributed by atoms with van der Waals surface area (Å²) in [5.41, 5.74) is -0.422. The lowest BCUT2D eigenvalue weighted by Gasteiger charge is -2.37. The molecule has 0 aromatic heterocycles. The van der Waals surface area contributed by atoms with Gasteiger partial charge in [-0.1, -0.05) is 46.6 Å². The zero-order valence-electron chi connectivity index (χ0n) is 17.2. The number of fused-ring (bicyclic) bond motifs is 1. The molecule has 6 nitrogen and oxygen atoms in total. The summed E-state index contributed by atoms with van der Waals surface area (Å²) in [7, 11) is 2.92. The zero-order valence-corrected chi connectivity index (χ0v) is 19.5. The fraction of sp³-hybridized carbons (Fsp3) is 0.304. The van der Waals surface area contributed by atoms with E-state index in [4.69, 9.17) is 30.5 Å². The van der Waals surface area contributed by atoms with E-state index in [-0.39, 0.29) is 52.4 Å². The van der Waals surface area contributed by atoms with Gasteiger partial charge in [-0.05, 0) is 17.7 Å². The van der Waals surface area contributed by atoms with Crippen LogP contribution in [0.25, 0.3) is 0 Å². The molecule has 2 atom stereocenters. The number of carbonyl (C=O) groups is 2. The first-order chi connectivity index (χ1) is 14.8. The maximum absolute atomic E-state index is 13.8. The Labute approximate surface area is 193 Å². The van der Waals surface area contributed by atoms with Gasteiger partial charge in [-0.2, -0.15) is 0 Å². The van der Waals surface area contributed by atoms with E-state index in [9.17, 15) is 9.59 Å². The van der Waals surface area contributed by atoms with Gasteiger partial charge < -0.3 is 18.9 Å². The van der Waals surface area contributed by atoms with Gasteiger partial charge >= 0.3 is 0 Å². The van der Waals surface area contributed by atoms with E-state index in [0.717, 1.165) is 10.0 Å². The minimum Gasteiger partial charge on any atom is -0.496 e. The normalized spacial score (nSPS) is 22.1. The maximum atomic E-state index is 13.8. The van der Waals surface area contributed by atoms with Crippen molar-refractivity contribution >= 4 is 39.1 Å². The van der Waals surface area contributed by atoms with Crippen molar-refractivity contribution in [3.8, 4) is 17.2 Å². The summed E-state index contributed by atoms with van der Waals surface area (Å²) in [6.45, 7) is 1.95. The van der Waals surface area contributed by atoms with E-state index in [1.165, 1.54) is 20.3 Å². The highest BCUT2D eigenvalue weighted by Crippen LogP contribution is 2.54. The van der Waals surface area contributed by atoms with Crippen LogP contribution >= 0.6 is 27.5 Å². The van der Waals surface area contributed by atoms with Crippen LogP contribution in [-0.2, 0) is 16.1 Å². The van der Waals surface area contributed by atoms with Crippen LogP contribution < -0.4 is 14.2 Å². The van der Waals surface area contributed by atoms with E-state index in [1.807, 2.05) is 24.3 Å². The van der Waals surface area contributed by atoms with Crippen LogP contribution in [0.15, 0.2) is 46.6 Å². The molecule has 0 saturated heterocycles. The first kappa shape index (κ1) is 21.7. The van der Waals surface area contributed by atoms with Crippen molar-refractivity contribution in [1.82, 2.24) is 0 Å². The second-order valence-corrected chi connectivity index (χ2v) is 8.76. The van der Waals surface area contributed by atoms with E-state index in [1.54, 1.807) is 13.0 Å². The summed E-state index contributed by atoms with van der Waals surface area (Å²) in [6, 6.07) is 9.12. The van der Waals surface area contributed by atoms with Crippen LogP contribution in [0.5, 0.6) is 17.2 Å². The Balaban J connectivity index is 1.78. The lowest BCUT2D eigenvalue weighted by Crippen LogP contribution is -2.51. The first-order valence-electron chi connectivity index (χ1n) is 9.62. The van der Waals surface area contributed by atoms with Crippen LogP contribution in [0.2, 0.25) is 5.02 Å². The Kier molecular flexibility index (Phi) is 5.75. The van der Waals surface area contributed by atoms with E-state index in [2.05, 4.69) is 15.9 Å². The largest absolute Gasteiger partial charge is 0.496 e. The standard InChI is InChI=1S/C23H20BrClO6/c1-12-7-15(26)9-18(30-11-13-5-4-6-14(24)8-13)23(12)22(27)19-16(28-2)10-17(29-3)20(25)21(19)31-23/h4-6,8-10,12H,7,11H2,1-3H3. The number of Topliss-reactive ketones (excluding diaryl/α,β-unsaturated/α-hetero) is 1. The van der Waals surface area contributed by atoms with Crippen LogP contribution in [0.3, 0.4) is 0 Å². The molecule has 31 heavy (non-hydrogen) atoms. The lowest BCUT2D eigenvalue weighted by molar-refractivity contribution is -0.118. The van der Waals surface area contributed by atoms with E-state index >= 15 is 0 Å². The number of hydrogen-bond donors (Lipinski definition) is 0. The van der Waals surface area contributed by atoms with Crippen molar-refractivity contribution in [3.63, 3.8) is 0 Å². The number of carbonyl (C=O) groups excluding carboxylic acids is 2. The molecule has 2 unspecified atom stereocenters. The van der Waals surface area contributed by atoms with Crippen LogP contribution in [0.1, 0.15) is 29.3 Å². The number of ketones is 2. The molecule has 2 aromatic carbocycles. The molecule has 2 aromatic rings. The number of benzene rings is 2. The van der Waals surface area contributed by atoms with Crippen molar-refractivity contribution in [2.45, 2.75) is 25.6 Å². The van der Waals surface area contributed by atoms with Crippen molar-refractivity contribution in [2.24, 2.45) is 5.92 Å². The quantitative estimate of drug-likeness (QED) is 0.558. The third kappa shape index (κ3) is 3.49. The van der Waals surface area contributed by atoms with Crippen molar-refractivity contribution < 1.29 is 28.5 Å². The number of hydrogen-bond acceptors (Lipinski definition) is 6. The highest BCUT2D eigenvalue weighted by molar-refractivity contribution is 9.10. The molecule has 1 aliphatic carbocycles. The van der Waals surface area contributed by atoms with Gasteiger partial charge in [0.05, 0.1) is 14.2 Å². The molecule has 162 valence electrons. The molecule has 8 heteroatoms. The Morgan fingerprint density at radius 1 is 1.19 bits per heavy atom. The molecule has 1 heterocycles. The molecule has 0 N–H and O–H groups in total. The second-order valence-electron chi connectivity index (χ2n) is 7.46. The fourth-order valence-electron chi connectivity index (χ4n) is 4.03. The van der Waals surface area contributed by atoms with Crippen LogP contribution in [-0.4, -0.2) is 31.4 Å². The monoisotopic (exact) mass is 506 g/mol. The summed E-state index contributed by atoms with van der Waals surface area (Å²) in [6.07, 6.45) is 1.49. The van der Waals surface area contributed by atoms with Gasteiger partial charge in [0.15, 0.2) is 17.3 Å². The number of halogens is 2. The average molecular weight is 508 g/mol. The smallest absolute Gasteiger partial charge is 0.231 e. The van der Waals surface area contributed by atoms with Crippen molar-refractivity contribution in [2.75, 3.05) is 14.2 Å². The summed E-state index contributed by atoms with van der Waals surface area (Å²) in [4.78, 5) is 26.1. The molecule has 0 bridgehead atoms. The summed E-state index contributed by atoms with van der Waals surface area (Å²) in [5, 5.41) is 0.166. The van der Waals surface area contributed by atoms with Gasteiger partial charge in [0.2, 0.25) is 11.4 Å². The van der Waals surface area contributed by atoms with Crippen LogP contribution in [0.4, 0.5) is 0 Å². The molecule has 1 spiro atoms. The predicted molar refractivity (Wildman–Crippen MR) is 118 cm³/mol. The fourth-order valence-corrected chi connectivity index (χ4v) is 4.74. The third-order valence-electron chi connectivity index (χ3n) is 5.56. The van der Waals surface area contributed by atoms with Crippen molar-refractivity contribution in [3.05, 3.63) is 62.8 Å². The maximum Gasteiger partial charge on any atom is 0.231 e. The second kappa shape index (κ2) is 8.20. The van der Waals surface area contributed by atoms with Gasteiger partial charge in [0.25, 0.3) is 0 Å². The van der Waals surface area contributed by atoms with Crippen LogP contribution in [0, 0.1) is 5.92 Å². The SMILES string of the molecule is COc1cc(OC)c2c(c1Cl)OC1(C2=O)C(OCc2cccc(Br)c2)=CC(=O)CC1C. The van der Waals surface area contributed by atoms with Gasteiger partial charge in [0.1, 0.15) is 28.7 Å². The molecule has 4 rings (SSSR count). The Morgan fingerprint density at radius 3 is 2.61 bits per heavy atom. The Bertz CT molecular complexity index is 1110. The van der Waals surface area contributed by atoms with E-state index in [0.29, 0.717) is 5.75 Å². The molecule has 1 aliphatic heterocycles. The highest BCUT2D eigenvalue weighted by Gasteiger charge is 2.60. The predicted octanol–water partition coefficient (Wildman–Crippen LogP) is 5.14. The van der Waals surface area contributed by atoms with Gasteiger partial charge in [-0.15, -0.1) is 0 Å². The molecule has 0 amide bonds. The Morgan fingerprint density at radius 2 is 1.94 bits per heavy atom. The molecule has 0 saturated carbocycles. The van der Waals surface area contributed by atoms with Gasteiger partial charge in [0, 0.05) is 29.0 Å². The minimum absolute atomic E-state index is 0.134. The number of rotatable bonds is 5. The molecule has 2 aliphatic rings. The average Bonchev–Trinajstić information content (AvgIpc) is 3.05. The molecular weight excluding hydrogens is 488 g/mol. The lowest BCUT2D eigenvalue weighted by atomic mass is 9.75. The molecular formula is C23H20BrClO6. The Hall–Kier alpha value is -2.51. The number of ether oxygens (including phenoxy) is 4. The van der Waals surface area contributed by atoms with Gasteiger partial charge in [-0.25, -0.2) is 0 Å².